The molecule has 1 heterocycles. The zero-order valence-corrected chi connectivity index (χ0v) is 10.5. The molecule has 0 fully saturated rings. The maximum absolute atomic E-state index is 11.3. The van der Waals surface area contributed by atoms with E-state index in [0.717, 1.165) is 22.6 Å². The number of allylic oxidation sites excluding steroid dienone is 1. The van der Waals surface area contributed by atoms with Crippen molar-refractivity contribution in [3.05, 3.63) is 53.1 Å². The zero-order chi connectivity index (χ0) is 12.1. The summed E-state index contributed by atoms with van der Waals surface area (Å²) in [6.45, 7) is 2.10. The second-order valence-corrected chi connectivity index (χ2v) is 4.82. The molecule has 0 atom stereocenters. The summed E-state index contributed by atoms with van der Waals surface area (Å²) < 4.78 is 5.16. The number of carbonyl (C=O) groups is 1. The molecule has 1 aliphatic rings. The van der Waals surface area contributed by atoms with Gasteiger partial charge in [-0.2, -0.15) is 0 Å². The van der Waals surface area contributed by atoms with Gasteiger partial charge < -0.3 is 4.74 Å². The van der Waals surface area contributed by atoms with Crippen molar-refractivity contribution in [3.8, 4) is 0 Å². The van der Waals surface area contributed by atoms with E-state index in [1.807, 2.05) is 36.4 Å². The minimum atomic E-state index is -0.272. The maximum atomic E-state index is 11.3. The van der Waals surface area contributed by atoms with Crippen LogP contribution in [0, 0.1) is 0 Å². The van der Waals surface area contributed by atoms with E-state index in [0.29, 0.717) is 5.76 Å². The zero-order valence-electron chi connectivity index (χ0n) is 9.68. The van der Waals surface area contributed by atoms with E-state index in [-0.39, 0.29) is 5.97 Å². The first-order chi connectivity index (χ1) is 8.29. The highest BCUT2D eigenvalue weighted by Crippen LogP contribution is 2.35. The molecule has 3 heteroatoms. The molecule has 0 aromatic heterocycles. The van der Waals surface area contributed by atoms with Crippen molar-refractivity contribution < 1.29 is 9.53 Å². The summed E-state index contributed by atoms with van der Waals surface area (Å²) in [4.78, 5) is 13.3. The van der Waals surface area contributed by atoms with Gasteiger partial charge in [0, 0.05) is 11.0 Å². The molecule has 0 saturated heterocycles. The van der Waals surface area contributed by atoms with Gasteiger partial charge in [0.25, 0.3) is 0 Å². The van der Waals surface area contributed by atoms with E-state index in [1.165, 1.54) is 0 Å². The molecule has 0 radical (unpaired) electrons. The number of hydrogen-bond donors (Lipinski definition) is 0. The molecule has 0 aliphatic carbocycles. The first-order valence-corrected chi connectivity index (χ1v) is 6.48. The Bertz CT molecular complexity index is 460. The van der Waals surface area contributed by atoms with Crippen LogP contribution in [-0.2, 0) is 9.53 Å². The Labute approximate surface area is 105 Å². The largest absolute Gasteiger partial charge is 0.422 e. The highest BCUT2D eigenvalue weighted by molar-refractivity contribution is 8.03. The summed E-state index contributed by atoms with van der Waals surface area (Å²) in [6, 6.07) is 9.98. The van der Waals surface area contributed by atoms with Crippen molar-refractivity contribution in [2.24, 2.45) is 0 Å². The molecule has 0 unspecified atom stereocenters. The number of hydrogen-bond acceptors (Lipinski definition) is 3. The molecular weight excluding hydrogens is 232 g/mol. The van der Waals surface area contributed by atoms with Crippen molar-refractivity contribution in [1.29, 1.82) is 0 Å². The molecule has 2 nitrogen and oxygen atoms in total. The van der Waals surface area contributed by atoms with Crippen LogP contribution in [0.5, 0.6) is 0 Å². The fraction of sp³-hybridized carbons (Fsp3) is 0.214. The van der Waals surface area contributed by atoms with Crippen molar-refractivity contribution in [3.63, 3.8) is 0 Å². The van der Waals surface area contributed by atoms with Crippen LogP contribution in [-0.4, -0.2) is 5.97 Å². The lowest BCUT2D eigenvalue weighted by atomic mass is 10.3. The van der Waals surface area contributed by atoms with Gasteiger partial charge in [0.2, 0.25) is 0 Å². The van der Waals surface area contributed by atoms with Crippen molar-refractivity contribution in [1.82, 2.24) is 0 Å². The maximum Gasteiger partial charge on any atom is 0.337 e. The van der Waals surface area contributed by atoms with Gasteiger partial charge in [-0.3, -0.25) is 0 Å². The van der Waals surface area contributed by atoms with Crippen LogP contribution in [0.1, 0.15) is 19.8 Å². The number of thioether (sulfide) groups is 1. The normalized spacial score (nSPS) is 17.1. The molecule has 1 aliphatic heterocycles. The fourth-order valence-corrected chi connectivity index (χ4v) is 2.41. The summed E-state index contributed by atoms with van der Waals surface area (Å²) in [5.41, 5.74) is 0. The quantitative estimate of drug-likeness (QED) is 0.754. The molecule has 0 N–H and O–H groups in total. The third-order valence-corrected chi connectivity index (χ3v) is 3.34. The average molecular weight is 246 g/mol. The Hall–Kier alpha value is -1.48. The number of ether oxygens (including phenoxy) is 1. The Balaban J connectivity index is 2.13. The van der Waals surface area contributed by atoms with Gasteiger partial charge >= 0.3 is 5.97 Å². The second kappa shape index (κ2) is 5.73. The number of benzene rings is 1. The van der Waals surface area contributed by atoms with Gasteiger partial charge in [-0.05, 0) is 24.6 Å². The molecule has 17 heavy (non-hydrogen) atoms. The minimum absolute atomic E-state index is 0.272. The molecular formula is C14H14O2S. The van der Waals surface area contributed by atoms with Crippen LogP contribution in [0.2, 0.25) is 0 Å². The van der Waals surface area contributed by atoms with Gasteiger partial charge in [-0.15, -0.1) is 0 Å². The third kappa shape index (κ3) is 3.24. The molecule has 0 amide bonds. The summed E-state index contributed by atoms with van der Waals surface area (Å²) >= 11 is 1.56. The summed E-state index contributed by atoms with van der Waals surface area (Å²) in [6.07, 6.45) is 5.51. The highest BCUT2D eigenvalue weighted by Gasteiger charge is 2.20. The second-order valence-electron chi connectivity index (χ2n) is 3.70. The number of cyclic esters (lactones) is 1. The van der Waals surface area contributed by atoms with Crippen LogP contribution >= 0.6 is 11.8 Å². The van der Waals surface area contributed by atoms with Gasteiger partial charge in [-0.25, -0.2) is 4.79 Å². The van der Waals surface area contributed by atoms with Crippen molar-refractivity contribution >= 4 is 17.7 Å². The minimum Gasteiger partial charge on any atom is -0.422 e. The monoisotopic (exact) mass is 246 g/mol. The molecule has 1 aromatic carbocycles. The lowest BCUT2D eigenvalue weighted by molar-refractivity contribution is -0.132. The Kier molecular flexibility index (Phi) is 4.04. The standard InChI is InChI=1S/C14H14O2S/c1-2-3-9-12-13(10-14(15)16-12)17-11-7-5-4-6-8-11/h4-10H,2-3H2,1H3/b12-9-. The van der Waals surface area contributed by atoms with E-state index < -0.39 is 0 Å². The highest BCUT2D eigenvalue weighted by atomic mass is 32.2. The van der Waals surface area contributed by atoms with Gasteiger partial charge in [0.15, 0.2) is 0 Å². The van der Waals surface area contributed by atoms with Crippen LogP contribution in [0.15, 0.2) is 58.0 Å². The molecule has 0 spiro atoms. The SMILES string of the molecule is CCC/C=C1\OC(=O)C=C1Sc1ccccc1. The van der Waals surface area contributed by atoms with E-state index in [9.17, 15) is 4.79 Å². The third-order valence-electron chi connectivity index (χ3n) is 2.29. The topological polar surface area (TPSA) is 26.3 Å². The lowest BCUT2D eigenvalue weighted by Crippen LogP contribution is -1.90. The average Bonchev–Trinajstić information content (AvgIpc) is 2.68. The van der Waals surface area contributed by atoms with Crippen LogP contribution in [0.3, 0.4) is 0 Å². The summed E-state index contributed by atoms with van der Waals surface area (Å²) in [7, 11) is 0. The number of unbranched alkanes of at least 4 members (excludes halogenated alkanes) is 1. The van der Waals surface area contributed by atoms with E-state index in [1.54, 1.807) is 17.8 Å². The summed E-state index contributed by atoms with van der Waals surface area (Å²) in [5, 5.41) is 0. The number of esters is 1. The molecule has 1 aromatic rings. The number of carbonyl (C=O) groups excluding carboxylic acids is 1. The number of rotatable bonds is 4. The molecule has 88 valence electrons. The van der Waals surface area contributed by atoms with E-state index in [2.05, 4.69) is 6.92 Å². The molecule has 0 saturated carbocycles. The predicted molar refractivity (Wildman–Crippen MR) is 69.5 cm³/mol. The smallest absolute Gasteiger partial charge is 0.337 e. The van der Waals surface area contributed by atoms with Gasteiger partial charge in [-0.1, -0.05) is 43.3 Å². The molecule has 2 rings (SSSR count). The predicted octanol–water partition coefficient (Wildman–Crippen LogP) is 3.90. The van der Waals surface area contributed by atoms with Crippen molar-refractivity contribution in [2.75, 3.05) is 0 Å². The van der Waals surface area contributed by atoms with Crippen molar-refractivity contribution in [2.45, 2.75) is 24.7 Å². The first kappa shape index (κ1) is 12.0. The first-order valence-electron chi connectivity index (χ1n) is 5.66. The Morgan fingerprint density at radius 3 is 2.76 bits per heavy atom. The Morgan fingerprint density at radius 1 is 1.29 bits per heavy atom. The van der Waals surface area contributed by atoms with E-state index in [4.69, 9.17) is 4.74 Å². The van der Waals surface area contributed by atoms with Gasteiger partial charge in [0.1, 0.15) is 5.76 Å². The van der Waals surface area contributed by atoms with Crippen LogP contribution in [0.4, 0.5) is 0 Å². The van der Waals surface area contributed by atoms with E-state index >= 15 is 0 Å². The Morgan fingerprint density at radius 2 is 2.06 bits per heavy atom. The van der Waals surface area contributed by atoms with Gasteiger partial charge in [0.05, 0.1) is 4.91 Å². The van der Waals surface area contributed by atoms with Crippen LogP contribution < -0.4 is 0 Å². The lowest BCUT2D eigenvalue weighted by Gasteiger charge is -2.03. The van der Waals surface area contributed by atoms with Crippen LogP contribution in [0.25, 0.3) is 0 Å². The fourth-order valence-electron chi connectivity index (χ4n) is 1.48. The summed E-state index contributed by atoms with van der Waals surface area (Å²) in [5.74, 6) is 0.427. The molecule has 0 bridgehead atoms.